The Kier molecular flexibility index (Phi) is 15.6. The van der Waals surface area contributed by atoms with Crippen LogP contribution in [-0.4, -0.2) is 34.4 Å². The van der Waals surface area contributed by atoms with E-state index < -0.39 is 5.97 Å². The Morgan fingerprint density at radius 3 is 2.21 bits per heavy atom. The number of carboxylic acid groups (broad SMARTS) is 1. The number of allylic oxidation sites excluding steroid dienone is 4. The smallest absolute Gasteiger partial charge is 0.306 e. The van der Waals surface area contributed by atoms with Crippen LogP contribution in [0, 0.1) is 46.3 Å². The number of fused-ring (bicyclic) bond motifs is 5. The van der Waals surface area contributed by atoms with Crippen LogP contribution in [0.5, 0.6) is 0 Å². The maximum Gasteiger partial charge on any atom is 0.306 e. The van der Waals surface area contributed by atoms with Gasteiger partial charge in [0.05, 0.1) is 6.10 Å². The fourth-order valence-electron chi connectivity index (χ4n) is 11.3. The van der Waals surface area contributed by atoms with Crippen LogP contribution in [0.2, 0.25) is 0 Å². The number of carboxylic acids is 1. The highest BCUT2D eigenvalue weighted by atomic mass is 16.5. The third-order valence-corrected chi connectivity index (χ3v) is 14.2. The van der Waals surface area contributed by atoms with Gasteiger partial charge < -0.3 is 14.9 Å². The van der Waals surface area contributed by atoms with Crippen LogP contribution < -0.4 is 0 Å². The zero-order valence-corrected chi connectivity index (χ0v) is 31.3. The van der Waals surface area contributed by atoms with E-state index in [2.05, 4.69) is 52.0 Å². The second-order valence-electron chi connectivity index (χ2n) is 17.1. The molecule has 0 aromatic carbocycles. The molecule has 0 aromatic heterocycles. The van der Waals surface area contributed by atoms with Gasteiger partial charge in [0.15, 0.2) is 0 Å². The highest BCUT2D eigenvalue weighted by molar-refractivity contribution is 5.69. The van der Waals surface area contributed by atoms with Gasteiger partial charge in [-0.3, -0.25) is 9.59 Å². The van der Waals surface area contributed by atoms with Crippen molar-refractivity contribution in [3.63, 3.8) is 0 Å². The molecule has 0 heterocycles. The lowest BCUT2D eigenvalue weighted by Crippen LogP contribution is -2.59. The Hall–Kier alpha value is -1.62. The predicted molar refractivity (Wildman–Crippen MR) is 196 cm³/mol. The molecule has 274 valence electrons. The number of hydrogen-bond acceptors (Lipinski definition) is 4. The van der Waals surface area contributed by atoms with E-state index in [0.717, 1.165) is 57.8 Å². The fourth-order valence-corrected chi connectivity index (χ4v) is 11.3. The largest absolute Gasteiger partial charge is 0.481 e. The van der Waals surface area contributed by atoms with Crippen molar-refractivity contribution in [3.8, 4) is 0 Å². The summed E-state index contributed by atoms with van der Waals surface area (Å²) in [5.74, 6) is 2.30. The molecule has 10 atom stereocenters. The standard InChI is InChI=1S/C43H72O5/c1-5-6-7-8-9-10-11-12-13-14-15-16-17-18-19-20-21-41(47)48-34-28-29-42(3)33(30-34)23-24-35-37-26-25-36(32(2)22-27-40(45)46)43(37,4)39(44)31-38(35)42/h10-11,13-14,32-39,44H,5-9,12,15-31H2,1-4H3,(H,45,46)/b11-10-,14-13-. The average molecular weight is 669 g/mol. The van der Waals surface area contributed by atoms with Gasteiger partial charge in [0.2, 0.25) is 0 Å². The summed E-state index contributed by atoms with van der Waals surface area (Å²) in [5, 5.41) is 21.1. The second kappa shape index (κ2) is 19.1. The van der Waals surface area contributed by atoms with Gasteiger partial charge in [0.25, 0.3) is 0 Å². The first kappa shape index (κ1) is 39.2. The minimum absolute atomic E-state index is 0.00323. The number of aliphatic hydroxyl groups excluding tert-OH is 1. The molecule has 0 spiro atoms. The Labute approximate surface area is 294 Å². The van der Waals surface area contributed by atoms with E-state index in [-0.39, 0.29) is 35.4 Å². The van der Waals surface area contributed by atoms with E-state index in [1.165, 1.54) is 70.6 Å². The summed E-state index contributed by atoms with van der Waals surface area (Å²) in [6.45, 7) is 9.31. The van der Waals surface area contributed by atoms with Crippen molar-refractivity contribution in [1.82, 2.24) is 0 Å². The molecule has 4 fully saturated rings. The van der Waals surface area contributed by atoms with Crippen LogP contribution in [0.15, 0.2) is 24.3 Å². The summed E-state index contributed by atoms with van der Waals surface area (Å²) >= 11 is 0. The lowest BCUT2D eigenvalue weighted by atomic mass is 9.43. The first-order valence-electron chi connectivity index (χ1n) is 20.5. The van der Waals surface area contributed by atoms with Crippen LogP contribution in [0.25, 0.3) is 0 Å². The predicted octanol–water partition coefficient (Wildman–Crippen LogP) is 11.2. The quantitative estimate of drug-likeness (QED) is 0.0766. The molecule has 0 amide bonds. The molecule has 5 heteroatoms. The number of hydrogen-bond donors (Lipinski definition) is 2. The van der Waals surface area contributed by atoms with Gasteiger partial charge in [-0.05, 0) is 143 Å². The number of esters is 1. The molecule has 2 N–H and O–H groups in total. The van der Waals surface area contributed by atoms with Crippen molar-refractivity contribution in [2.75, 3.05) is 0 Å². The summed E-state index contributed by atoms with van der Waals surface area (Å²) < 4.78 is 6.09. The number of unbranched alkanes of at least 4 members (excludes halogenated alkanes) is 9. The van der Waals surface area contributed by atoms with E-state index in [0.29, 0.717) is 48.3 Å². The molecule has 4 rings (SSSR count). The minimum Gasteiger partial charge on any atom is -0.481 e. The highest BCUT2D eigenvalue weighted by Crippen LogP contribution is 2.68. The third-order valence-electron chi connectivity index (χ3n) is 14.2. The van der Waals surface area contributed by atoms with Gasteiger partial charge in [-0.25, -0.2) is 0 Å². The summed E-state index contributed by atoms with van der Waals surface area (Å²) in [4.78, 5) is 24.1. The monoisotopic (exact) mass is 669 g/mol. The number of carbonyl (C=O) groups is 2. The third kappa shape index (κ3) is 10.0. The van der Waals surface area contributed by atoms with Gasteiger partial charge in [0.1, 0.15) is 6.10 Å². The number of rotatable bonds is 20. The van der Waals surface area contributed by atoms with Gasteiger partial charge >= 0.3 is 11.9 Å². The normalized spacial score (nSPS) is 35.3. The molecule has 48 heavy (non-hydrogen) atoms. The molecule has 10 unspecified atom stereocenters. The summed E-state index contributed by atoms with van der Waals surface area (Å²) in [7, 11) is 0. The lowest BCUT2D eigenvalue weighted by molar-refractivity contribution is -0.181. The van der Waals surface area contributed by atoms with Gasteiger partial charge in [-0.2, -0.15) is 0 Å². The summed E-state index contributed by atoms with van der Waals surface area (Å²) in [5.41, 5.74) is 0.109. The molecule has 0 aromatic rings. The number of aliphatic hydroxyl groups is 1. The van der Waals surface area contributed by atoms with Gasteiger partial charge in [0, 0.05) is 12.8 Å². The first-order chi connectivity index (χ1) is 23.1. The van der Waals surface area contributed by atoms with Crippen molar-refractivity contribution in [2.45, 2.75) is 188 Å². The number of carbonyl (C=O) groups excluding carboxylic acids is 1. The fraction of sp³-hybridized carbons (Fsp3) is 0.860. The van der Waals surface area contributed by atoms with E-state index >= 15 is 0 Å². The molecule has 4 aliphatic rings. The molecule has 0 radical (unpaired) electrons. The zero-order chi connectivity index (χ0) is 34.6. The molecule has 5 nitrogen and oxygen atoms in total. The molecule has 4 aliphatic carbocycles. The number of ether oxygens (including phenoxy) is 1. The summed E-state index contributed by atoms with van der Waals surface area (Å²) in [6.07, 6.45) is 33.6. The van der Waals surface area contributed by atoms with Crippen LogP contribution >= 0.6 is 0 Å². The average Bonchev–Trinajstić information content (AvgIpc) is 3.42. The van der Waals surface area contributed by atoms with Crippen LogP contribution in [0.3, 0.4) is 0 Å². The second-order valence-corrected chi connectivity index (χ2v) is 17.1. The van der Waals surface area contributed by atoms with E-state index in [1.807, 2.05) is 0 Å². The van der Waals surface area contributed by atoms with E-state index in [4.69, 9.17) is 4.74 Å². The Balaban J connectivity index is 1.12. The van der Waals surface area contributed by atoms with Gasteiger partial charge in [-0.1, -0.05) is 90.5 Å². The van der Waals surface area contributed by atoms with Crippen LogP contribution in [0.1, 0.15) is 175 Å². The van der Waals surface area contributed by atoms with Crippen molar-refractivity contribution < 1.29 is 24.5 Å². The van der Waals surface area contributed by atoms with Crippen LogP contribution in [-0.2, 0) is 14.3 Å². The Morgan fingerprint density at radius 1 is 0.812 bits per heavy atom. The first-order valence-corrected chi connectivity index (χ1v) is 20.5. The van der Waals surface area contributed by atoms with Crippen molar-refractivity contribution in [1.29, 1.82) is 0 Å². The molecule has 0 bridgehead atoms. The Bertz CT molecular complexity index is 1050. The topological polar surface area (TPSA) is 83.8 Å². The highest BCUT2D eigenvalue weighted by Gasteiger charge is 2.63. The molecular formula is C43H72O5. The minimum atomic E-state index is -0.713. The van der Waals surface area contributed by atoms with Crippen molar-refractivity contribution in [2.24, 2.45) is 46.3 Å². The van der Waals surface area contributed by atoms with E-state index in [9.17, 15) is 19.8 Å². The molecule has 0 aliphatic heterocycles. The number of aliphatic carboxylic acids is 1. The summed E-state index contributed by atoms with van der Waals surface area (Å²) in [6, 6.07) is 0. The van der Waals surface area contributed by atoms with Gasteiger partial charge in [-0.15, -0.1) is 0 Å². The SMILES string of the molecule is CCCCCC/C=C\C/C=C\CCCCCCCC(=O)OC1CCC2(C)C(CCC3C2CC(O)C2(C)C(C(C)CCC(=O)O)CCC32)C1. The van der Waals surface area contributed by atoms with Crippen molar-refractivity contribution in [3.05, 3.63) is 24.3 Å². The molecule has 0 saturated heterocycles. The maximum absolute atomic E-state index is 12.8. The van der Waals surface area contributed by atoms with E-state index in [1.54, 1.807) is 0 Å². The molecule has 4 saturated carbocycles. The van der Waals surface area contributed by atoms with Crippen LogP contribution in [0.4, 0.5) is 0 Å². The lowest BCUT2D eigenvalue weighted by Gasteiger charge is -2.62. The Morgan fingerprint density at radius 2 is 1.50 bits per heavy atom. The van der Waals surface area contributed by atoms with Crippen molar-refractivity contribution >= 4 is 11.9 Å². The maximum atomic E-state index is 12.8. The zero-order valence-electron chi connectivity index (χ0n) is 31.3. The molecular weight excluding hydrogens is 596 g/mol.